The largest absolute Gasteiger partial charge is 0.458 e. The Balaban J connectivity index is 3.63. The first-order valence-electron chi connectivity index (χ1n) is 11.6. The minimum atomic E-state index is -1.41. The first-order valence-corrected chi connectivity index (χ1v) is 11.6. The lowest BCUT2D eigenvalue weighted by atomic mass is 9.85. The van der Waals surface area contributed by atoms with Crippen molar-refractivity contribution in [3.8, 4) is 0 Å². The highest BCUT2D eigenvalue weighted by Crippen LogP contribution is 2.35. The molecule has 1 aliphatic carbocycles. The second-order valence-electron chi connectivity index (χ2n) is 11.9. The van der Waals surface area contributed by atoms with Gasteiger partial charge < -0.3 is 23.7 Å². The summed E-state index contributed by atoms with van der Waals surface area (Å²) in [5.74, 6) is -3.34. The fourth-order valence-electron chi connectivity index (χ4n) is 3.08. The van der Waals surface area contributed by atoms with Gasteiger partial charge in [-0.3, -0.25) is 24.0 Å². The van der Waals surface area contributed by atoms with E-state index in [4.69, 9.17) is 23.7 Å². The van der Waals surface area contributed by atoms with Crippen LogP contribution in [0.5, 0.6) is 0 Å². The normalized spacial score (nSPS) is 25.2. The van der Waals surface area contributed by atoms with Gasteiger partial charge in [0.1, 0.15) is 12.2 Å². The van der Waals surface area contributed by atoms with Gasteiger partial charge in [0.2, 0.25) is 0 Å². The third-order valence-corrected chi connectivity index (χ3v) is 5.05. The van der Waals surface area contributed by atoms with Gasteiger partial charge in [0.05, 0.1) is 16.2 Å². The molecule has 1 aliphatic rings. The van der Waals surface area contributed by atoms with Gasteiger partial charge in [0.15, 0.2) is 18.3 Å². The van der Waals surface area contributed by atoms with Gasteiger partial charge in [-0.25, -0.2) is 0 Å². The second kappa shape index (κ2) is 11.0. The van der Waals surface area contributed by atoms with Crippen LogP contribution in [0.4, 0.5) is 0 Å². The van der Waals surface area contributed by atoms with E-state index in [0.717, 1.165) is 6.92 Å². The summed E-state index contributed by atoms with van der Waals surface area (Å²) in [5, 5.41) is 0. The van der Waals surface area contributed by atoms with Crippen molar-refractivity contribution in [3.63, 3.8) is 0 Å². The van der Waals surface area contributed by atoms with Crippen molar-refractivity contribution < 1.29 is 47.7 Å². The van der Waals surface area contributed by atoms with E-state index in [1.54, 1.807) is 62.3 Å². The summed E-state index contributed by atoms with van der Waals surface area (Å²) >= 11 is 0. The summed E-state index contributed by atoms with van der Waals surface area (Å²) in [7, 11) is 0. The van der Waals surface area contributed by atoms with Crippen LogP contribution >= 0.6 is 0 Å². The van der Waals surface area contributed by atoms with Crippen LogP contribution in [0.2, 0.25) is 0 Å². The van der Waals surface area contributed by atoms with E-state index in [9.17, 15) is 24.0 Å². The van der Waals surface area contributed by atoms with Crippen molar-refractivity contribution in [1.82, 2.24) is 0 Å². The average Bonchev–Trinajstić information content (AvgIpc) is 2.63. The smallest absolute Gasteiger partial charge is 0.311 e. The predicted molar refractivity (Wildman–Crippen MR) is 124 cm³/mol. The Morgan fingerprint density at radius 1 is 0.486 bits per heavy atom. The molecule has 0 aliphatic heterocycles. The van der Waals surface area contributed by atoms with E-state index < -0.39 is 76.6 Å². The molecular weight excluding hydrogens is 460 g/mol. The summed E-state index contributed by atoms with van der Waals surface area (Å²) in [6.45, 7) is 17.0. The molecule has 35 heavy (non-hydrogen) atoms. The molecule has 0 spiro atoms. The summed E-state index contributed by atoms with van der Waals surface area (Å²) in [6.07, 6.45) is -6.46. The molecular formula is C25H40O10. The van der Waals surface area contributed by atoms with E-state index in [2.05, 4.69) is 0 Å². The number of rotatable bonds is 5. The Labute approximate surface area is 207 Å². The molecule has 0 saturated heterocycles. The Morgan fingerprint density at radius 3 is 1.17 bits per heavy atom. The van der Waals surface area contributed by atoms with Crippen LogP contribution in [0.15, 0.2) is 0 Å². The van der Waals surface area contributed by atoms with E-state index in [0.29, 0.717) is 0 Å². The maximum Gasteiger partial charge on any atom is 0.311 e. The highest BCUT2D eigenvalue weighted by Gasteiger charge is 2.55. The lowest BCUT2D eigenvalue weighted by Gasteiger charge is -2.45. The summed E-state index contributed by atoms with van der Waals surface area (Å²) in [6, 6.07) is 0. The van der Waals surface area contributed by atoms with Crippen LogP contribution < -0.4 is 0 Å². The van der Waals surface area contributed by atoms with Crippen molar-refractivity contribution in [2.24, 2.45) is 16.2 Å². The monoisotopic (exact) mass is 500 g/mol. The van der Waals surface area contributed by atoms with Crippen molar-refractivity contribution in [3.05, 3.63) is 0 Å². The van der Waals surface area contributed by atoms with Gasteiger partial charge in [-0.1, -0.05) is 0 Å². The van der Waals surface area contributed by atoms with Crippen molar-refractivity contribution in [2.75, 3.05) is 0 Å². The summed E-state index contributed by atoms with van der Waals surface area (Å²) in [5.41, 5.74) is -2.80. The Bertz CT molecular complexity index is 825. The molecule has 0 N–H and O–H groups in total. The zero-order valence-electron chi connectivity index (χ0n) is 22.7. The molecule has 0 aromatic heterocycles. The fraction of sp³-hybridized carbons (Fsp3) is 0.800. The first kappa shape index (κ1) is 30.4. The maximum absolute atomic E-state index is 12.9. The van der Waals surface area contributed by atoms with E-state index in [1.807, 2.05) is 0 Å². The van der Waals surface area contributed by atoms with E-state index in [-0.39, 0.29) is 6.42 Å². The van der Waals surface area contributed by atoms with Gasteiger partial charge in [0.25, 0.3) is 0 Å². The predicted octanol–water partition coefficient (Wildman–Crippen LogP) is 3.13. The molecule has 200 valence electrons. The first-order chi connectivity index (χ1) is 15.6. The Morgan fingerprint density at radius 2 is 0.800 bits per heavy atom. The quantitative estimate of drug-likeness (QED) is 0.410. The molecule has 1 saturated carbocycles. The summed E-state index contributed by atoms with van der Waals surface area (Å²) < 4.78 is 28.0. The molecule has 0 aromatic rings. The molecule has 5 unspecified atom stereocenters. The fourth-order valence-corrected chi connectivity index (χ4v) is 3.08. The molecule has 1 fully saturated rings. The third kappa shape index (κ3) is 8.81. The lowest BCUT2D eigenvalue weighted by Crippen LogP contribution is -2.62. The molecule has 0 amide bonds. The highest BCUT2D eigenvalue weighted by atomic mass is 16.6. The molecule has 10 nitrogen and oxygen atoms in total. The summed E-state index contributed by atoms with van der Waals surface area (Å²) in [4.78, 5) is 62.3. The van der Waals surface area contributed by atoms with Crippen molar-refractivity contribution >= 4 is 29.8 Å². The molecule has 1 rings (SSSR count). The van der Waals surface area contributed by atoms with Gasteiger partial charge in [-0.2, -0.15) is 0 Å². The standard InChI is InChI=1S/C25H40O10/c1-13(26)31-15-12-16(33-20(28)23(3,4)5)17(32-14(2)27)19(35-22(30)25(9,10)11)18(15)34-21(29)24(6,7)8/h15-19H,12H2,1-11H3. The Kier molecular flexibility index (Phi) is 9.51. The lowest BCUT2D eigenvalue weighted by molar-refractivity contribution is -0.237. The van der Waals surface area contributed by atoms with E-state index >= 15 is 0 Å². The van der Waals surface area contributed by atoms with Gasteiger partial charge in [0, 0.05) is 20.3 Å². The van der Waals surface area contributed by atoms with Crippen molar-refractivity contribution in [2.45, 2.75) is 113 Å². The van der Waals surface area contributed by atoms with Crippen LogP contribution in [0, 0.1) is 16.2 Å². The molecule has 0 radical (unpaired) electrons. The maximum atomic E-state index is 12.9. The number of hydrogen-bond acceptors (Lipinski definition) is 10. The topological polar surface area (TPSA) is 132 Å². The Hall–Kier alpha value is -2.65. The van der Waals surface area contributed by atoms with Crippen LogP contribution in [0.3, 0.4) is 0 Å². The second-order valence-corrected chi connectivity index (χ2v) is 11.9. The molecule has 0 heterocycles. The zero-order valence-corrected chi connectivity index (χ0v) is 22.7. The number of carbonyl (C=O) groups excluding carboxylic acids is 5. The SMILES string of the molecule is CC(=O)OC1CC(OC(=O)C(C)(C)C)C(OC(C)=O)C(OC(=O)C(C)(C)C)C1OC(=O)C(C)(C)C. The minimum absolute atomic E-state index is 0.148. The van der Waals surface area contributed by atoms with Crippen LogP contribution in [0.1, 0.15) is 82.6 Å². The zero-order chi connectivity index (χ0) is 27.5. The molecule has 5 atom stereocenters. The van der Waals surface area contributed by atoms with E-state index in [1.165, 1.54) is 6.92 Å². The van der Waals surface area contributed by atoms with Gasteiger partial charge in [-0.15, -0.1) is 0 Å². The van der Waals surface area contributed by atoms with Crippen LogP contribution in [-0.2, 0) is 47.7 Å². The average molecular weight is 501 g/mol. The number of esters is 5. The molecule has 10 heteroatoms. The number of hydrogen-bond donors (Lipinski definition) is 0. The van der Waals surface area contributed by atoms with Gasteiger partial charge >= 0.3 is 29.8 Å². The highest BCUT2D eigenvalue weighted by molar-refractivity contribution is 5.77. The third-order valence-electron chi connectivity index (χ3n) is 5.05. The van der Waals surface area contributed by atoms with Gasteiger partial charge in [-0.05, 0) is 62.3 Å². The number of carbonyl (C=O) groups is 5. The minimum Gasteiger partial charge on any atom is -0.458 e. The van der Waals surface area contributed by atoms with Crippen molar-refractivity contribution in [1.29, 1.82) is 0 Å². The number of ether oxygens (including phenoxy) is 5. The molecule has 0 bridgehead atoms. The molecule has 0 aromatic carbocycles. The van der Waals surface area contributed by atoms with Crippen LogP contribution in [-0.4, -0.2) is 60.4 Å². The van der Waals surface area contributed by atoms with Crippen LogP contribution in [0.25, 0.3) is 0 Å².